The smallest absolute Gasteiger partial charge is 0.351 e. The number of carbonyl (C=O) groups excluding carboxylic acids is 1. The Hall–Kier alpha value is -1.24. The number of nitrogens with zero attached hydrogens (tertiary/aromatic N) is 1. The van der Waals surface area contributed by atoms with Gasteiger partial charge in [-0.2, -0.15) is 0 Å². The van der Waals surface area contributed by atoms with Gasteiger partial charge in [0, 0.05) is 16.2 Å². The molecule has 0 saturated heterocycles. The van der Waals surface area contributed by atoms with Crippen LogP contribution in [0.15, 0.2) is 35.2 Å². The summed E-state index contributed by atoms with van der Waals surface area (Å²) in [6, 6.07) is 10.4. The Bertz CT molecular complexity index is 671. The Kier molecular flexibility index (Phi) is 4.61. The maximum Gasteiger partial charge on any atom is 0.351 e. The summed E-state index contributed by atoms with van der Waals surface area (Å²) >= 11 is 9.08. The van der Waals surface area contributed by atoms with Crippen molar-refractivity contribution >= 4 is 45.8 Å². The molecule has 0 bridgehead atoms. The molecule has 7 heteroatoms. The molecule has 0 unspecified atom stereocenters. The van der Waals surface area contributed by atoms with Crippen molar-refractivity contribution in [1.82, 2.24) is 4.98 Å². The monoisotopic (exact) mass is 354 g/mol. The van der Waals surface area contributed by atoms with E-state index in [2.05, 4.69) is 39.3 Å². The van der Waals surface area contributed by atoms with Crippen molar-refractivity contribution in [3.8, 4) is 0 Å². The van der Waals surface area contributed by atoms with E-state index in [1.807, 2.05) is 17.8 Å². The lowest BCUT2D eigenvalue weighted by Gasteiger charge is -2.15. The fraction of sp³-hybridized carbons (Fsp3) is 0.333. The first kappa shape index (κ1) is 15.6. The van der Waals surface area contributed by atoms with Gasteiger partial charge in [-0.05, 0) is 25.0 Å². The average molecular weight is 355 g/mol. The van der Waals surface area contributed by atoms with Gasteiger partial charge in [-0.15, -0.1) is 11.8 Å². The second kappa shape index (κ2) is 6.48. The van der Waals surface area contributed by atoms with Gasteiger partial charge in [-0.3, -0.25) is 0 Å². The first-order valence-electron chi connectivity index (χ1n) is 6.84. The summed E-state index contributed by atoms with van der Waals surface area (Å²) in [4.78, 5) is 17.3. The number of nitrogens with one attached hydrogen (secondary N) is 1. The molecule has 1 aliphatic rings. The number of aromatic nitrogens is 1. The van der Waals surface area contributed by atoms with E-state index in [1.165, 1.54) is 36.2 Å². The predicted molar refractivity (Wildman–Crippen MR) is 91.2 cm³/mol. The van der Waals surface area contributed by atoms with E-state index in [0.29, 0.717) is 10.0 Å². The molecule has 0 aliphatic heterocycles. The van der Waals surface area contributed by atoms with Gasteiger partial charge in [-0.1, -0.05) is 41.1 Å². The molecule has 0 radical (unpaired) electrons. The number of thioether (sulfide) groups is 1. The van der Waals surface area contributed by atoms with E-state index in [-0.39, 0.29) is 9.90 Å². The lowest BCUT2D eigenvalue weighted by atomic mass is 10.4. The minimum Gasteiger partial charge on any atom is -0.465 e. The third-order valence-corrected chi connectivity index (χ3v) is 6.28. The van der Waals surface area contributed by atoms with Gasteiger partial charge in [0.2, 0.25) is 0 Å². The number of methoxy groups -OCH3 is 1. The molecular formula is C15H15ClN2O2S2. The number of thiazole rings is 1. The number of hydrogen-bond donors (Lipinski definition) is 1. The number of carbonyl (C=O) groups is 1. The van der Waals surface area contributed by atoms with Gasteiger partial charge in [-0.25, -0.2) is 9.78 Å². The van der Waals surface area contributed by atoms with Crippen LogP contribution in [0, 0.1) is 0 Å². The highest BCUT2D eigenvalue weighted by molar-refractivity contribution is 8.01. The fourth-order valence-electron chi connectivity index (χ4n) is 2.03. The van der Waals surface area contributed by atoms with Crippen LogP contribution in [-0.2, 0) is 4.74 Å². The molecule has 1 saturated carbocycles. The Morgan fingerprint density at radius 1 is 1.45 bits per heavy atom. The van der Waals surface area contributed by atoms with E-state index < -0.39 is 5.97 Å². The van der Waals surface area contributed by atoms with Crippen LogP contribution in [0.1, 0.15) is 22.5 Å². The van der Waals surface area contributed by atoms with E-state index in [9.17, 15) is 4.79 Å². The maximum absolute atomic E-state index is 11.5. The lowest BCUT2D eigenvalue weighted by molar-refractivity contribution is 0.0606. The standard InChI is InChI=1S/C15H15ClN2O2S2/c1-20-13(19)11-12(16)18-14(21-11)17-9-15(7-8-15)22-10-5-3-2-4-6-10/h2-6H,7-9H2,1H3,(H,17,18). The van der Waals surface area contributed by atoms with Crippen LogP contribution < -0.4 is 5.32 Å². The Morgan fingerprint density at radius 3 is 2.82 bits per heavy atom. The normalized spacial score (nSPS) is 15.4. The zero-order chi connectivity index (χ0) is 15.6. The first-order chi connectivity index (χ1) is 10.6. The molecule has 0 atom stereocenters. The van der Waals surface area contributed by atoms with Crippen molar-refractivity contribution in [2.75, 3.05) is 19.0 Å². The summed E-state index contributed by atoms with van der Waals surface area (Å²) in [5.74, 6) is -0.449. The van der Waals surface area contributed by atoms with Gasteiger partial charge in [0.25, 0.3) is 0 Å². The van der Waals surface area contributed by atoms with Gasteiger partial charge < -0.3 is 10.1 Å². The van der Waals surface area contributed by atoms with Crippen LogP contribution in [0.25, 0.3) is 0 Å². The lowest BCUT2D eigenvalue weighted by Crippen LogP contribution is -2.17. The molecule has 22 heavy (non-hydrogen) atoms. The quantitative estimate of drug-likeness (QED) is 0.783. The molecule has 2 aromatic rings. The summed E-state index contributed by atoms with van der Waals surface area (Å²) in [7, 11) is 1.33. The average Bonchev–Trinajstić information content (AvgIpc) is 3.19. The third-order valence-electron chi connectivity index (χ3n) is 3.40. The summed E-state index contributed by atoms with van der Waals surface area (Å²) in [5, 5.41) is 4.15. The largest absolute Gasteiger partial charge is 0.465 e. The molecule has 1 heterocycles. The molecule has 1 aromatic heterocycles. The summed E-state index contributed by atoms with van der Waals surface area (Å²) in [6.45, 7) is 0.803. The fourth-order valence-corrected chi connectivity index (χ4v) is 4.37. The summed E-state index contributed by atoms with van der Waals surface area (Å²) in [5.41, 5.74) is 0. The molecule has 0 amide bonds. The molecule has 1 fully saturated rings. The van der Waals surface area contributed by atoms with Gasteiger partial charge in [0.1, 0.15) is 0 Å². The van der Waals surface area contributed by atoms with Crippen LogP contribution >= 0.6 is 34.7 Å². The van der Waals surface area contributed by atoms with Crippen molar-refractivity contribution in [3.63, 3.8) is 0 Å². The number of halogens is 1. The Balaban J connectivity index is 1.62. The number of benzene rings is 1. The van der Waals surface area contributed by atoms with Crippen LogP contribution in [0.3, 0.4) is 0 Å². The van der Waals surface area contributed by atoms with E-state index in [0.717, 1.165) is 6.54 Å². The maximum atomic E-state index is 11.5. The van der Waals surface area contributed by atoms with Crippen LogP contribution in [0.5, 0.6) is 0 Å². The number of esters is 1. The molecule has 0 spiro atoms. The minimum atomic E-state index is -0.449. The molecule has 3 rings (SSSR count). The van der Waals surface area contributed by atoms with E-state index in [1.54, 1.807) is 0 Å². The Labute approximate surface area is 142 Å². The van der Waals surface area contributed by atoms with E-state index >= 15 is 0 Å². The molecule has 1 aromatic carbocycles. The van der Waals surface area contributed by atoms with Crippen LogP contribution in [0.2, 0.25) is 5.15 Å². The third kappa shape index (κ3) is 3.56. The van der Waals surface area contributed by atoms with Crippen LogP contribution in [0.4, 0.5) is 5.13 Å². The summed E-state index contributed by atoms with van der Waals surface area (Å²) < 4.78 is 4.90. The number of hydrogen-bond acceptors (Lipinski definition) is 6. The van der Waals surface area contributed by atoms with E-state index in [4.69, 9.17) is 11.6 Å². The van der Waals surface area contributed by atoms with Crippen molar-refractivity contribution < 1.29 is 9.53 Å². The highest BCUT2D eigenvalue weighted by Gasteiger charge is 2.43. The van der Waals surface area contributed by atoms with Crippen molar-refractivity contribution in [1.29, 1.82) is 0 Å². The minimum absolute atomic E-state index is 0.194. The van der Waals surface area contributed by atoms with Gasteiger partial charge >= 0.3 is 5.97 Å². The Morgan fingerprint density at radius 2 is 2.18 bits per heavy atom. The van der Waals surface area contributed by atoms with Crippen molar-refractivity contribution in [2.45, 2.75) is 22.5 Å². The molecular weight excluding hydrogens is 340 g/mol. The number of anilines is 1. The molecule has 4 nitrogen and oxygen atoms in total. The topological polar surface area (TPSA) is 51.2 Å². The zero-order valence-corrected chi connectivity index (χ0v) is 14.4. The highest BCUT2D eigenvalue weighted by atomic mass is 35.5. The molecule has 1 N–H and O–H groups in total. The highest BCUT2D eigenvalue weighted by Crippen LogP contribution is 2.51. The predicted octanol–water partition coefficient (Wildman–Crippen LogP) is 4.32. The SMILES string of the molecule is COC(=O)c1sc(NCC2(Sc3ccccc3)CC2)nc1Cl. The zero-order valence-electron chi connectivity index (χ0n) is 12.0. The number of rotatable bonds is 6. The molecule has 116 valence electrons. The van der Waals surface area contributed by atoms with Crippen molar-refractivity contribution in [3.05, 3.63) is 40.4 Å². The van der Waals surface area contributed by atoms with Crippen LogP contribution in [-0.4, -0.2) is 29.4 Å². The van der Waals surface area contributed by atoms with Crippen molar-refractivity contribution in [2.24, 2.45) is 0 Å². The van der Waals surface area contributed by atoms with Gasteiger partial charge in [0.05, 0.1) is 7.11 Å². The van der Waals surface area contributed by atoms with Gasteiger partial charge in [0.15, 0.2) is 15.2 Å². The summed E-state index contributed by atoms with van der Waals surface area (Å²) in [6.07, 6.45) is 2.34. The first-order valence-corrected chi connectivity index (χ1v) is 8.86. The second-order valence-corrected chi connectivity index (χ2v) is 7.98. The number of ether oxygens (including phenoxy) is 1. The molecule has 1 aliphatic carbocycles. The second-order valence-electron chi connectivity index (χ2n) is 5.08.